The fraction of sp³-hybridized carbons (Fsp3) is 0.429. The molecule has 198 valence electrons. The van der Waals surface area contributed by atoms with E-state index in [4.69, 9.17) is 0 Å². The lowest BCUT2D eigenvalue weighted by Gasteiger charge is -2.64. The van der Waals surface area contributed by atoms with E-state index in [1.165, 1.54) is 16.7 Å². The summed E-state index contributed by atoms with van der Waals surface area (Å²) < 4.78 is 0. The summed E-state index contributed by atoms with van der Waals surface area (Å²) in [6, 6.07) is 16.9. The summed E-state index contributed by atoms with van der Waals surface area (Å²) in [5.41, 5.74) is 5.58. The van der Waals surface area contributed by atoms with Gasteiger partial charge in [0.25, 0.3) is 0 Å². The van der Waals surface area contributed by atoms with E-state index in [9.17, 15) is 20.3 Å². The zero-order valence-corrected chi connectivity index (χ0v) is 22.4. The molecule has 0 heterocycles. The van der Waals surface area contributed by atoms with Crippen LogP contribution in [0.1, 0.15) is 61.6 Å². The first-order valence-electron chi connectivity index (χ1n) is 14.4. The van der Waals surface area contributed by atoms with Crippen molar-refractivity contribution < 1.29 is 15.0 Å². The average molecular weight is 518 g/mol. The summed E-state index contributed by atoms with van der Waals surface area (Å²) in [4.78, 5) is 12.6. The van der Waals surface area contributed by atoms with Crippen LogP contribution in [0.15, 0.2) is 78.4 Å². The fourth-order valence-corrected chi connectivity index (χ4v) is 9.51. The van der Waals surface area contributed by atoms with E-state index in [0.29, 0.717) is 29.7 Å². The highest BCUT2D eigenvalue weighted by atomic mass is 16.3. The molecular weight excluding hydrogens is 482 g/mol. The van der Waals surface area contributed by atoms with Gasteiger partial charge in [0.1, 0.15) is 5.60 Å². The van der Waals surface area contributed by atoms with Gasteiger partial charge in [-0.1, -0.05) is 67.1 Å². The molecule has 2 saturated carbocycles. The maximum atomic E-state index is 12.6. The Morgan fingerprint density at radius 3 is 2.69 bits per heavy atom. The molecule has 0 saturated heterocycles. The van der Waals surface area contributed by atoms with Crippen molar-refractivity contribution in [1.29, 1.82) is 5.26 Å². The molecular formula is C35H35NO3. The van der Waals surface area contributed by atoms with Gasteiger partial charge in [-0.3, -0.25) is 4.79 Å². The molecule has 0 amide bonds. The van der Waals surface area contributed by atoms with Crippen molar-refractivity contribution in [3.8, 4) is 17.2 Å². The minimum Gasteiger partial charge on any atom is -0.392 e. The standard InChI is InChI=1S/C35H35NO3/c1-33-20-30-28-9-7-24(23-5-3-22(21-36)4-6-23)17-25(28)19-34-14-11-27(38)18-26(34)8-10-29(32(30)34)31(33)12-15-35(33,39)13-2-16-37/h2-7,9,12-13,15,17-18,29-32,37,39H,8,10-11,14,16,19-20H2,1H3/b13-2-/t29?,30-,31?,32?,33+,34?,35+/m1/s1. The van der Waals surface area contributed by atoms with Gasteiger partial charge < -0.3 is 10.2 Å². The Bertz CT molecular complexity index is 1490. The normalized spacial score (nSPS) is 37.9. The van der Waals surface area contributed by atoms with Crippen molar-refractivity contribution in [3.05, 3.63) is 95.1 Å². The topological polar surface area (TPSA) is 81.3 Å². The Labute approximate surface area is 230 Å². The highest BCUT2D eigenvalue weighted by Crippen LogP contribution is 2.72. The molecule has 2 aromatic carbocycles. The van der Waals surface area contributed by atoms with E-state index in [2.05, 4.69) is 37.3 Å². The number of fused-ring (bicyclic) bond motifs is 4. The van der Waals surface area contributed by atoms with E-state index in [0.717, 1.165) is 43.2 Å². The van der Waals surface area contributed by atoms with Crippen LogP contribution in [-0.4, -0.2) is 28.2 Å². The van der Waals surface area contributed by atoms with Gasteiger partial charge in [0, 0.05) is 11.8 Å². The Morgan fingerprint density at radius 1 is 1.13 bits per heavy atom. The van der Waals surface area contributed by atoms with Gasteiger partial charge in [-0.25, -0.2) is 0 Å². The van der Waals surface area contributed by atoms with Gasteiger partial charge in [0.05, 0.1) is 18.2 Å². The number of carbonyl (C=O) groups is 1. The Balaban J connectivity index is 1.38. The molecule has 39 heavy (non-hydrogen) atoms. The lowest BCUT2D eigenvalue weighted by molar-refractivity contribution is -0.123. The Morgan fingerprint density at radius 2 is 1.92 bits per heavy atom. The zero-order chi connectivity index (χ0) is 27.0. The van der Waals surface area contributed by atoms with Crippen LogP contribution in [0.5, 0.6) is 0 Å². The summed E-state index contributed by atoms with van der Waals surface area (Å²) in [7, 11) is 0. The smallest absolute Gasteiger partial charge is 0.155 e. The van der Waals surface area contributed by atoms with E-state index >= 15 is 0 Å². The number of aliphatic hydroxyl groups is 2. The second-order valence-electron chi connectivity index (χ2n) is 12.8. The molecule has 2 aromatic rings. The maximum absolute atomic E-state index is 12.6. The predicted octanol–water partition coefficient (Wildman–Crippen LogP) is 6.04. The molecule has 4 heteroatoms. The summed E-state index contributed by atoms with van der Waals surface area (Å²) in [5, 5.41) is 30.7. The van der Waals surface area contributed by atoms with Crippen LogP contribution in [0.2, 0.25) is 0 Å². The molecule has 0 aliphatic heterocycles. The fourth-order valence-electron chi connectivity index (χ4n) is 9.51. The van der Waals surface area contributed by atoms with Crippen molar-refractivity contribution in [2.45, 2.75) is 57.0 Å². The van der Waals surface area contributed by atoms with Gasteiger partial charge in [0.2, 0.25) is 0 Å². The van der Waals surface area contributed by atoms with Crippen LogP contribution in [0.25, 0.3) is 11.1 Å². The van der Waals surface area contributed by atoms with E-state index in [-0.39, 0.29) is 29.1 Å². The first-order chi connectivity index (χ1) is 18.8. The Kier molecular flexibility index (Phi) is 5.47. The second-order valence-corrected chi connectivity index (χ2v) is 12.8. The number of nitriles is 1. The summed E-state index contributed by atoms with van der Waals surface area (Å²) in [6.07, 6.45) is 15.1. The highest BCUT2D eigenvalue weighted by molar-refractivity contribution is 5.91. The molecule has 5 aliphatic carbocycles. The SMILES string of the molecule is C[C@]12C[C@@H]3c4ccc(-c5ccc(C#N)cc5)cc4CC45CCC(=O)C=C4CCC(C35)C1C=C[C@@]2(O)/C=C\CO. The number of ketones is 1. The van der Waals surface area contributed by atoms with Gasteiger partial charge in [-0.15, -0.1) is 0 Å². The maximum Gasteiger partial charge on any atom is 0.155 e. The molecule has 1 spiro atoms. The number of hydrogen-bond donors (Lipinski definition) is 2. The van der Waals surface area contributed by atoms with E-state index in [1.807, 2.05) is 42.5 Å². The molecule has 7 rings (SSSR count). The Hall–Kier alpha value is -3.26. The highest BCUT2D eigenvalue weighted by Gasteiger charge is 2.66. The monoisotopic (exact) mass is 517 g/mol. The largest absolute Gasteiger partial charge is 0.392 e. The van der Waals surface area contributed by atoms with Crippen LogP contribution in [0.3, 0.4) is 0 Å². The van der Waals surface area contributed by atoms with Crippen LogP contribution in [-0.2, 0) is 11.2 Å². The van der Waals surface area contributed by atoms with Gasteiger partial charge >= 0.3 is 0 Å². The third-order valence-corrected chi connectivity index (χ3v) is 11.3. The first-order valence-corrected chi connectivity index (χ1v) is 14.4. The minimum absolute atomic E-state index is 0.00536. The number of nitrogens with zero attached hydrogens (tertiary/aromatic N) is 1. The van der Waals surface area contributed by atoms with Gasteiger partial charge in [-0.2, -0.15) is 5.26 Å². The third-order valence-electron chi connectivity index (χ3n) is 11.3. The molecule has 7 atom stereocenters. The number of aliphatic hydroxyl groups excluding tert-OH is 1. The first kappa shape index (κ1) is 24.8. The summed E-state index contributed by atoms with van der Waals surface area (Å²) in [6.45, 7) is 2.16. The molecule has 0 bridgehead atoms. The average Bonchev–Trinajstić information content (AvgIpc) is 3.22. The quantitative estimate of drug-likeness (QED) is 0.486. The number of carbonyl (C=O) groups excluding carboxylic acids is 1. The van der Waals surface area contributed by atoms with Crippen molar-refractivity contribution in [2.75, 3.05) is 6.61 Å². The number of allylic oxidation sites excluding steroid dienone is 3. The zero-order valence-electron chi connectivity index (χ0n) is 22.4. The number of hydrogen-bond acceptors (Lipinski definition) is 4. The van der Waals surface area contributed by atoms with Crippen molar-refractivity contribution >= 4 is 5.78 Å². The van der Waals surface area contributed by atoms with E-state index < -0.39 is 5.60 Å². The molecule has 0 aromatic heterocycles. The molecule has 4 nitrogen and oxygen atoms in total. The second kappa shape index (κ2) is 8.62. The molecule has 2 fully saturated rings. The van der Waals surface area contributed by atoms with Crippen molar-refractivity contribution in [3.63, 3.8) is 0 Å². The predicted molar refractivity (Wildman–Crippen MR) is 151 cm³/mol. The summed E-state index contributed by atoms with van der Waals surface area (Å²) >= 11 is 0. The van der Waals surface area contributed by atoms with E-state index in [1.54, 1.807) is 6.08 Å². The van der Waals surface area contributed by atoms with Crippen LogP contribution in [0, 0.1) is 39.9 Å². The van der Waals surface area contributed by atoms with Crippen molar-refractivity contribution in [2.24, 2.45) is 28.6 Å². The van der Waals surface area contributed by atoms with Crippen LogP contribution in [0.4, 0.5) is 0 Å². The summed E-state index contributed by atoms with van der Waals surface area (Å²) in [5.74, 6) is 1.72. The molecule has 4 unspecified atom stereocenters. The number of benzene rings is 2. The number of rotatable bonds is 3. The van der Waals surface area contributed by atoms with Crippen LogP contribution < -0.4 is 0 Å². The molecule has 2 N–H and O–H groups in total. The molecule has 5 aliphatic rings. The van der Waals surface area contributed by atoms with Gasteiger partial charge in [0.15, 0.2) is 5.78 Å². The minimum atomic E-state index is -1.09. The van der Waals surface area contributed by atoms with Gasteiger partial charge in [-0.05, 0) is 102 Å². The van der Waals surface area contributed by atoms with Crippen molar-refractivity contribution in [1.82, 2.24) is 0 Å². The third kappa shape index (κ3) is 3.39. The lowest BCUT2D eigenvalue weighted by atomic mass is 9.39. The molecule has 0 radical (unpaired) electrons. The lowest BCUT2D eigenvalue weighted by Crippen LogP contribution is -2.59. The van der Waals surface area contributed by atoms with Crippen LogP contribution >= 0.6 is 0 Å².